The maximum absolute atomic E-state index is 2.33. The zero-order chi connectivity index (χ0) is 6.16. The average molecular weight is 257 g/mol. The molecule has 0 unspecified atom stereocenters. The molecule has 1 spiro atoms. The van der Waals surface area contributed by atoms with E-state index in [1.54, 1.807) is 0 Å². The summed E-state index contributed by atoms with van der Waals surface area (Å²) in [5.74, 6) is 5.80. The fourth-order valence-corrected chi connectivity index (χ4v) is 42.9. The third-order valence-electron chi connectivity index (χ3n) is 1.28. The minimum absolute atomic E-state index is 1.28. The Morgan fingerprint density at radius 3 is 1.33 bits per heavy atom. The quantitative estimate of drug-likeness (QED) is 0.610. The second-order valence-corrected chi connectivity index (χ2v) is 34.8. The van der Waals surface area contributed by atoms with E-state index >= 15 is 0 Å². The summed E-state index contributed by atoms with van der Waals surface area (Å²) >= 11 is 0. The molecule has 52 valence electrons. The van der Waals surface area contributed by atoms with Crippen LogP contribution in [-0.4, -0.2) is 31.7 Å². The van der Waals surface area contributed by atoms with Crippen molar-refractivity contribution in [2.75, 3.05) is 23.0 Å². The van der Waals surface area contributed by atoms with Crippen LogP contribution in [0.4, 0.5) is 0 Å². The van der Waals surface area contributed by atoms with E-state index in [0.717, 1.165) is 0 Å². The van der Waals surface area contributed by atoms with Crippen LogP contribution in [0, 0.1) is 0 Å². The molecule has 2 fully saturated rings. The van der Waals surface area contributed by atoms with Crippen LogP contribution in [-0.2, 0) is 0 Å². The molecule has 0 bridgehead atoms. The second-order valence-electron chi connectivity index (χ2n) is 1.89. The molecule has 0 saturated carbocycles. The predicted octanol–water partition coefficient (Wildman–Crippen LogP) is 2.38. The first-order chi connectivity index (χ1) is 4.41. The van der Waals surface area contributed by atoms with Crippen molar-refractivity contribution in [1.29, 1.82) is 0 Å². The van der Waals surface area contributed by atoms with Gasteiger partial charge in [-0.3, -0.25) is 0 Å². The molecule has 9 heavy (non-hydrogen) atoms. The summed E-state index contributed by atoms with van der Waals surface area (Å²) in [5.41, 5.74) is 0. The van der Waals surface area contributed by atoms with E-state index in [0.29, 0.717) is 0 Å². The van der Waals surface area contributed by atoms with Crippen LogP contribution in [0.3, 0.4) is 0 Å². The predicted molar refractivity (Wildman–Crippen MR) is 55.6 cm³/mol. The average Bonchev–Trinajstić information content (AvgIpc) is 2.45. The van der Waals surface area contributed by atoms with Crippen LogP contribution >= 0.6 is 40.3 Å². The molecule has 5 heteroatoms. The third-order valence-corrected chi connectivity index (χ3v) is 40.9. The van der Waals surface area contributed by atoms with Gasteiger partial charge in [-0.1, -0.05) is 0 Å². The van der Waals surface area contributed by atoms with Gasteiger partial charge in [-0.25, -0.2) is 0 Å². The van der Waals surface area contributed by atoms with E-state index in [9.17, 15) is 0 Å². The Kier molecular flexibility index (Phi) is 2.64. The van der Waals surface area contributed by atoms with Gasteiger partial charge < -0.3 is 0 Å². The van der Waals surface area contributed by atoms with Gasteiger partial charge in [0.1, 0.15) is 0 Å². The second kappa shape index (κ2) is 3.13. The monoisotopic (exact) mass is 258 g/mol. The van der Waals surface area contributed by atoms with E-state index < -0.39 is 8.70 Å². The van der Waals surface area contributed by atoms with Gasteiger partial charge in [0.2, 0.25) is 0 Å². The van der Waals surface area contributed by atoms with Gasteiger partial charge >= 0.3 is 72.1 Å². The molecule has 0 aromatic carbocycles. The molecule has 2 aliphatic heterocycles. The van der Waals surface area contributed by atoms with Crippen molar-refractivity contribution in [3.05, 3.63) is 0 Å². The number of hydrogen-bond donors (Lipinski definition) is 0. The zero-order valence-corrected chi connectivity index (χ0v) is 10.3. The summed E-state index contributed by atoms with van der Waals surface area (Å²) in [6.45, 7) is 0. The molecule has 0 aliphatic carbocycles. The molecule has 2 saturated heterocycles. The number of rotatable bonds is 0. The van der Waals surface area contributed by atoms with E-state index in [1.165, 1.54) is 23.0 Å². The summed E-state index contributed by atoms with van der Waals surface area (Å²) in [6, 6.07) is 0. The Bertz CT molecular complexity index is 87.6. The molecule has 0 aromatic rings. The van der Waals surface area contributed by atoms with E-state index in [1.807, 2.05) is 0 Å². The van der Waals surface area contributed by atoms with Crippen molar-refractivity contribution in [2.45, 2.75) is 0 Å². The molecular formula is C4H8GeS4. The Labute approximate surface area is 71.5 Å². The van der Waals surface area contributed by atoms with Crippen LogP contribution in [0.15, 0.2) is 0 Å². The van der Waals surface area contributed by atoms with Gasteiger partial charge in [-0.15, -0.1) is 0 Å². The molecule has 2 rings (SSSR count). The summed E-state index contributed by atoms with van der Waals surface area (Å²) in [6.07, 6.45) is 0. The van der Waals surface area contributed by atoms with Gasteiger partial charge in [-0.2, -0.15) is 0 Å². The van der Waals surface area contributed by atoms with Crippen LogP contribution in [0.2, 0.25) is 0 Å². The Balaban J connectivity index is 2.04. The minimum atomic E-state index is -1.28. The van der Waals surface area contributed by atoms with Crippen LogP contribution in [0.1, 0.15) is 0 Å². The van der Waals surface area contributed by atoms with Crippen LogP contribution in [0.25, 0.3) is 0 Å². The van der Waals surface area contributed by atoms with Crippen molar-refractivity contribution in [2.24, 2.45) is 0 Å². The van der Waals surface area contributed by atoms with Gasteiger partial charge in [0, 0.05) is 0 Å². The molecule has 0 atom stereocenters. The number of hydrogen-bond acceptors (Lipinski definition) is 4. The molecule has 2 heterocycles. The molecule has 0 radical (unpaired) electrons. The molecule has 0 N–H and O–H groups in total. The van der Waals surface area contributed by atoms with Crippen molar-refractivity contribution >= 4 is 49.0 Å². The van der Waals surface area contributed by atoms with Gasteiger partial charge in [0.25, 0.3) is 0 Å². The maximum atomic E-state index is 2.33. The SMILES string of the molecule is C1C[S][Ge]2([S]1)[S]CC[S]2. The Morgan fingerprint density at radius 2 is 1.00 bits per heavy atom. The zero-order valence-electron chi connectivity index (χ0n) is 4.96. The first kappa shape index (κ1) is 7.58. The van der Waals surface area contributed by atoms with Gasteiger partial charge in [0.15, 0.2) is 0 Å². The molecule has 2 aliphatic rings. The topological polar surface area (TPSA) is 0 Å². The van der Waals surface area contributed by atoms with Crippen molar-refractivity contribution in [3.8, 4) is 0 Å². The van der Waals surface area contributed by atoms with Gasteiger partial charge in [0.05, 0.1) is 0 Å². The summed E-state index contributed by atoms with van der Waals surface area (Å²) < 4.78 is 0. The van der Waals surface area contributed by atoms with Crippen molar-refractivity contribution < 1.29 is 0 Å². The summed E-state index contributed by atoms with van der Waals surface area (Å²) in [7, 11) is 8.04. The summed E-state index contributed by atoms with van der Waals surface area (Å²) in [5, 5.41) is 0. The molecule has 0 aromatic heterocycles. The normalized spacial score (nSPS) is 32.0. The van der Waals surface area contributed by atoms with Crippen LogP contribution < -0.4 is 0 Å². The van der Waals surface area contributed by atoms with Gasteiger partial charge in [-0.05, 0) is 0 Å². The standard InChI is InChI=1S/C4H8GeS4/c1-2-7-5(6-1)8-3-4-9-5/h1-4H2. The molecular weight excluding hydrogens is 249 g/mol. The fourth-order valence-electron chi connectivity index (χ4n) is 0.917. The molecule has 0 amide bonds. The fraction of sp³-hybridized carbons (Fsp3) is 1.00. The first-order valence-electron chi connectivity index (χ1n) is 2.97. The Hall–Kier alpha value is 1.94. The van der Waals surface area contributed by atoms with E-state index in [-0.39, 0.29) is 0 Å². The van der Waals surface area contributed by atoms with E-state index in [4.69, 9.17) is 0 Å². The third kappa shape index (κ3) is 1.58. The van der Waals surface area contributed by atoms with E-state index in [2.05, 4.69) is 40.3 Å². The molecule has 0 nitrogen and oxygen atoms in total. The van der Waals surface area contributed by atoms with Crippen molar-refractivity contribution in [3.63, 3.8) is 0 Å². The Morgan fingerprint density at radius 1 is 0.667 bits per heavy atom. The summed E-state index contributed by atoms with van der Waals surface area (Å²) in [4.78, 5) is 0. The first-order valence-corrected chi connectivity index (χ1v) is 17.2. The van der Waals surface area contributed by atoms with Crippen LogP contribution in [0.5, 0.6) is 0 Å². The van der Waals surface area contributed by atoms with Crippen molar-refractivity contribution in [1.82, 2.24) is 0 Å².